The Morgan fingerprint density at radius 1 is 0.861 bits per heavy atom. The van der Waals surface area contributed by atoms with Crippen LogP contribution < -0.4 is 4.74 Å². The van der Waals surface area contributed by atoms with E-state index >= 15 is 0 Å². The number of carbonyl (C=O) groups excluding carboxylic acids is 1. The number of aliphatic hydroxyl groups excluding tert-OH is 1. The zero-order chi connectivity index (χ0) is 25.5. The molecule has 2 N–H and O–H groups in total. The molecule has 0 aliphatic carbocycles. The molecule has 182 valence electrons. The smallest absolute Gasteiger partial charge is 0.333 e. The first kappa shape index (κ1) is 24.6. The number of hydrogen-bond acceptors (Lipinski definition) is 8. The summed E-state index contributed by atoms with van der Waals surface area (Å²) in [4.78, 5) is 25.3. The van der Waals surface area contributed by atoms with Crippen molar-refractivity contribution >= 4 is 5.97 Å². The van der Waals surface area contributed by atoms with Crippen molar-refractivity contribution in [1.82, 2.24) is 15.0 Å². The van der Waals surface area contributed by atoms with E-state index in [9.17, 15) is 15.0 Å². The lowest BCUT2D eigenvalue weighted by molar-refractivity contribution is -0.142. The van der Waals surface area contributed by atoms with Crippen LogP contribution in [0.4, 0.5) is 0 Å². The number of benzene rings is 3. The summed E-state index contributed by atoms with van der Waals surface area (Å²) < 4.78 is 10.5. The number of aromatic hydroxyl groups is 1. The topological polar surface area (TPSA) is 115 Å². The maximum atomic E-state index is 11.4. The summed E-state index contributed by atoms with van der Waals surface area (Å²) in [5, 5.41) is 20.7. The molecule has 4 rings (SSSR count). The maximum Gasteiger partial charge on any atom is 0.333 e. The van der Waals surface area contributed by atoms with Crippen molar-refractivity contribution < 1.29 is 24.5 Å². The molecule has 8 nitrogen and oxygen atoms in total. The Morgan fingerprint density at radius 2 is 1.42 bits per heavy atom. The molecule has 8 heteroatoms. The van der Waals surface area contributed by atoms with Crippen molar-refractivity contribution in [3.05, 3.63) is 91.0 Å². The number of rotatable bonds is 9. The van der Waals surface area contributed by atoms with E-state index in [1.807, 2.05) is 60.7 Å². The second-order valence-electron chi connectivity index (χ2n) is 8.06. The van der Waals surface area contributed by atoms with Gasteiger partial charge < -0.3 is 19.7 Å². The van der Waals surface area contributed by atoms with Gasteiger partial charge in [-0.3, -0.25) is 0 Å². The second kappa shape index (κ2) is 11.2. The third-order valence-corrected chi connectivity index (χ3v) is 5.11. The van der Waals surface area contributed by atoms with Crippen molar-refractivity contribution in [3.63, 3.8) is 0 Å². The second-order valence-corrected chi connectivity index (χ2v) is 8.06. The number of aromatic nitrogens is 3. The average Bonchev–Trinajstić information content (AvgIpc) is 2.91. The van der Waals surface area contributed by atoms with E-state index in [1.54, 1.807) is 12.1 Å². The standard InChI is InChI=1S/C28H25N3O5/c1-18(2)28(34)36-17-21(32)16-35-22-13-14-23(24(33)15-22)27-30-25(19-9-5-3-6-10-19)29-26(31-27)20-11-7-4-8-12-20/h3-15,21,32-33H,1,16-17H2,2H3. The fraction of sp³-hybridized carbons (Fsp3) is 0.143. The highest BCUT2D eigenvalue weighted by Gasteiger charge is 2.16. The summed E-state index contributed by atoms with van der Waals surface area (Å²) in [5.74, 6) is 0.900. The van der Waals surface area contributed by atoms with E-state index in [1.165, 1.54) is 13.0 Å². The number of esters is 1. The zero-order valence-corrected chi connectivity index (χ0v) is 19.7. The van der Waals surface area contributed by atoms with E-state index < -0.39 is 12.1 Å². The van der Waals surface area contributed by atoms with Crippen LogP contribution in [0.2, 0.25) is 0 Å². The predicted octanol–water partition coefficient (Wildman–Crippen LogP) is 4.44. The van der Waals surface area contributed by atoms with Gasteiger partial charge in [0.1, 0.15) is 30.8 Å². The largest absolute Gasteiger partial charge is 0.507 e. The molecule has 36 heavy (non-hydrogen) atoms. The van der Waals surface area contributed by atoms with Gasteiger partial charge in [0, 0.05) is 22.8 Å². The van der Waals surface area contributed by atoms with E-state index in [4.69, 9.17) is 9.47 Å². The predicted molar refractivity (Wildman–Crippen MR) is 135 cm³/mol. The summed E-state index contributed by atoms with van der Waals surface area (Å²) in [5.41, 5.74) is 2.28. The Labute approximate surface area is 208 Å². The molecule has 1 atom stereocenters. The van der Waals surface area contributed by atoms with Crippen molar-refractivity contribution in [2.24, 2.45) is 0 Å². The number of nitrogens with zero attached hydrogens (tertiary/aromatic N) is 3. The Bertz CT molecular complexity index is 1300. The minimum atomic E-state index is -1.04. The van der Waals surface area contributed by atoms with E-state index in [-0.39, 0.29) is 24.5 Å². The first-order valence-corrected chi connectivity index (χ1v) is 11.2. The molecule has 3 aromatic carbocycles. The molecule has 0 fully saturated rings. The number of phenolic OH excluding ortho intramolecular Hbond substituents is 1. The molecule has 0 bridgehead atoms. The molecule has 1 heterocycles. The Hall–Kier alpha value is -4.56. The first-order valence-electron chi connectivity index (χ1n) is 11.2. The van der Waals surface area contributed by atoms with Gasteiger partial charge in [0.2, 0.25) is 0 Å². The minimum absolute atomic E-state index is 0.0973. The number of aliphatic hydroxyl groups is 1. The molecule has 1 aromatic heterocycles. The summed E-state index contributed by atoms with van der Waals surface area (Å²) >= 11 is 0. The van der Waals surface area contributed by atoms with Gasteiger partial charge >= 0.3 is 5.97 Å². The monoisotopic (exact) mass is 483 g/mol. The van der Waals surface area contributed by atoms with Gasteiger partial charge in [-0.05, 0) is 19.1 Å². The van der Waals surface area contributed by atoms with Crippen LogP contribution in [-0.4, -0.2) is 50.5 Å². The fourth-order valence-corrected chi connectivity index (χ4v) is 3.25. The lowest BCUT2D eigenvalue weighted by Gasteiger charge is -2.14. The molecule has 0 aliphatic heterocycles. The van der Waals surface area contributed by atoms with E-state index in [2.05, 4.69) is 21.5 Å². The molecule has 0 aliphatic rings. The summed E-state index contributed by atoms with van der Waals surface area (Å²) in [6.07, 6.45) is -1.04. The summed E-state index contributed by atoms with van der Waals surface area (Å²) in [6, 6.07) is 23.7. The summed E-state index contributed by atoms with van der Waals surface area (Å²) in [6.45, 7) is 4.64. The number of ether oxygens (including phenoxy) is 2. The highest BCUT2D eigenvalue weighted by Crippen LogP contribution is 2.32. The van der Waals surface area contributed by atoms with Crippen molar-refractivity contribution in [2.45, 2.75) is 13.0 Å². The van der Waals surface area contributed by atoms with Gasteiger partial charge in [0.15, 0.2) is 17.5 Å². The first-order chi connectivity index (χ1) is 17.4. The molecular weight excluding hydrogens is 458 g/mol. The van der Waals surface area contributed by atoms with Crippen LogP contribution in [0.1, 0.15) is 6.92 Å². The number of carbonyl (C=O) groups is 1. The van der Waals surface area contributed by atoms with Gasteiger partial charge in [-0.25, -0.2) is 19.7 Å². The third-order valence-electron chi connectivity index (χ3n) is 5.11. The van der Waals surface area contributed by atoms with Crippen LogP contribution in [-0.2, 0) is 9.53 Å². The molecule has 0 amide bonds. The third kappa shape index (κ3) is 6.11. The fourth-order valence-electron chi connectivity index (χ4n) is 3.25. The highest BCUT2D eigenvalue weighted by molar-refractivity contribution is 5.86. The number of phenols is 1. The summed E-state index contributed by atoms with van der Waals surface area (Å²) in [7, 11) is 0. The van der Waals surface area contributed by atoms with Crippen molar-refractivity contribution in [3.8, 4) is 45.7 Å². The van der Waals surface area contributed by atoms with Gasteiger partial charge in [-0.1, -0.05) is 67.2 Å². The quantitative estimate of drug-likeness (QED) is 0.265. The number of hydrogen-bond donors (Lipinski definition) is 2. The minimum Gasteiger partial charge on any atom is -0.507 e. The van der Waals surface area contributed by atoms with E-state index in [0.29, 0.717) is 28.8 Å². The van der Waals surface area contributed by atoms with Crippen LogP contribution >= 0.6 is 0 Å². The molecule has 4 aromatic rings. The Morgan fingerprint density at radius 3 is 1.94 bits per heavy atom. The van der Waals surface area contributed by atoms with Crippen LogP contribution in [0.25, 0.3) is 34.2 Å². The Kier molecular flexibility index (Phi) is 7.67. The highest BCUT2D eigenvalue weighted by atomic mass is 16.5. The van der Waals surface area contributed by atoms with E-state index in [0.717, 1.165) is 11.1 Å². The lowest BCUT2D eigenvalue weighted by Crippen LogP contribution is -2.25. The van der Waals surface area contributed by atoms with Gasteiger partial charge in [-0.15, -0.1) is 0 Å². The molecule has 0 saturated heterocycles. The van der Waals surface area contributed by atoms with Crippen LogP contribution in [0.15, 0.2) is 91.0 Å². The lowest BCUT2D eigenvalue weighted by atomic mass is 10.1. The zero-order valence-electron chi connectivity index (χ0n) is 19.7. The SMILES string of the molecule is C=C(C)C(=O)OCC(O)COc1ccc(-c2nc(-c3ccccc3)nc(-c3ccccc3)n2)c(O)c1. The maximum absolute atomic E-state index is 11.4. The normalized spacial score (nSPS) is 11.5. The molecule has 0 saturated carbocycles. The van der Waals surface area contributed by atoms with Crippen molar-refractivity contribution in [1.29, 1.82) is 0 Å². The average molecular weight is 484 g/mol. The van der Waals surface area contributed by atoms with Crippen LogP contribution in [0, 0.1) is 0 Å². The van der Waals surface area contributed by atoms with Crippen LogP contribution in [0.5, 0.6) is 11.5 Å². The molecular formula is C28H25N3O5. The molecule has 0 spiro atoms. The van der Waals surface area contributed by atoms with Gasteiger partial charge in [0.25, 0.3) is 0 Å². The van der Waals surface area contributed by atoms with Gasteiger partial charge in [-0.2, -0.15) is 0 Å². The molecule has 1 unspecified atom stereocenters. The Balaban J connectivity index is 1.57. The van der Waals surface area contributed by atoms with Gasteiger partial charge in [0.05, 0.1) is 5.56 Å². The molecule has 0 radical (unpaired) electrons. The van der Waals surface area contributed by atoms with Crippen LogP contribution in [0.3, 0.4) is 0 Å². The van der Waals surface area contributed by atoms with Crippen molar-refractivity contribution in [2.75, 3.05) is 13.2 Å².